The number of carbonyl (C=O) groups is 1. The Morgan fingerprint density at radius 3 is 2.77 bits per heavy atom. The first-order valence-corrected chi connectivity index (χ1v) is 12.4. The molecule has 35 heavy (non-hydrogen) atoms. The summed E-state index contributed by atoms with van der Waals surface area (Å²) in [5.41, 5.74) is 3.51. The highest BCUT2D eigenvalue weighted by molar-refractivity contribution is 7.23. The Morgan fingerprint density at radius 1 is 1.14 bits per heavy atom. The molecule has 2 saturated heterocycles. The number of halogens is 2. The van der Waals surface area contributed by atoms with Gasteiger partial charge in [0.05, 0.1) is 35.2 Å². The van der Waals surface area contributed by atoms with E-state index in [9.17, 15) is 4.79 Å². The maximum absolute atomic E-state index is 15.0. The molecule has 0 spiro atoms. The molecule has 4 aromatic rings. The summed E-state index contributed by atoms with van der Waals surface area (Å²) < 4.78 is 28.8. The standard InChI is InChI=1S/C25H25FN4O3S.ClH/c26-19-11-15(21-14-33-10-7-27-21)1-3-18(19)20-13-30-22-4-2-16(12-23(22)34-25(30)29-20)24(31)28-17-5-8-32-9-6-17;/h1-4,11-13,17,21,27H,5-10,14H2,(H,28,31);1H. The number of amides is 1. The van der Waals surface area contributed by atoms with Crippen molar-refractivity contribution < 1.29 is 18.7 Å². The van der Waals surface area contributed by atoms with E-state index in [1.165, 1.54) is 11.3 Å². The number of thiazole rings is 1. The van der Waals surface area contributed by atoms with Gasteiger partial charge >= 0.3 is 0 Å². The van der Waals surface area contributed by atoms with Crippen LogP contribution in [0, 0.1) is 5.82 Å². The van der Waals surface area contributed by atoms with Crippen molar-refractivity contribution in [1.29, 1.82) is 0 Å². The second-order valence-electron chi connectivity index (χ2n) is 8.74. The lowest BCUT2D eigenvalue weighted by molar-refractivity contribution is 0.0696. The van der Waals surface area contributed by atoms with Gasteiger partial charge in [-0.3, -0.25) is 9.20 Å². The van der Waals surface area contributed by atoms with Gasteiger partial charge in [0.2, 0.25) is 0 Å². The van der Waals surface area contributed by atoms with Crippen molar-refractivity contribution in [3.05, 3.63) is 59.5 Å². The Morgan fingerprint density at radius 2 is 2.00 bits per heavy atom. The van der Waals surface area contributed by atoms with E-state index < -0.39 is 0 Å². The Balaban J connectivity index is 0.00000253. The number of morpholine rings is 1. The third-order valence-corrected chi connectivity index (χ3v) is 7.52. The first-order valence-electron chi connectivity index (χ1n) is 11.6. The highest BCUT2D eigenvalue weighted by Crippen LogP contribution is 2.32. The average Bonchev–Trinajstić information content (AvgIpc) is 3.42. The summed E-state index contributed by atoms with van der Waals surface area (Å²) in [5.74, 6) is -0.368. The summed E-state index contributed by atoms with van der Waals surface area (Å²) in [6, 6.07) is 11.1. The number of hydrogen-bond acceptors (Lipinski definition) is 6. The van der Waals surface area contributed by atoms with Crippen LogP contribution in [0.1, 0.15) is 34.8 Å². The molecule has 0 aliphatic carbocycles. The lowest BCUT2D eigenvalue weighted by Gasteiger charge is -2.24. The number of hydrogen-bond donors (Lipinski definition) is 2. The maximum atomic E-state index is 15.0. The van der Waals surface area contributed by atoms with Gasteiger partial charge in [0.1, 0.15) is 5.82 Å². The summed E-state index contributed by atoms with van der Waals surface area (Å²) in [7, 11) is 0. The fraction of sp³-hybridized carbons (Fsp3) is 0.360. The lowest BCUT2D eigenvalue weighted by Crippen LogP contribution is -2.38. The molecule has 2 aliphatic heterocycles. The predicted molar refractivity (Wildman–Crippen MR) is 136 cm³/mol. The normalized spacial score (nSPS) is 19.1. The second kappa shape index (κ2) is 10.2. The molecule has 0 saturated carbocycles. The van der Waals surface area contributed by atoms with Crippen LogP contribution in [0.4, 0.5) is 4.39 Å². The number of aromatic nitrogens is 2. The van der Waals surface area contributed by atoms with Gasteiger partial charge in [-0.2, -0.15) is 0 Å². The van der Waals surface area contributed by atoms with Crippen molar-refractivity contribution in [3.63, 3.8) is 0 Å². The van der Waals surface area contributed by atoms with Gasteiger partial charge in [-0.25, -0.2) is 9.37 Å². The van der Waals surface area contributed by atoms with E-state index in [2.05, 4.69) is 15.6 Å². The van der Waals surface area contributed by atoms with Crippen LogP contribution >= 0.6 is 23.7 Å². The smallest absolute Gasteiger partial charge is 0.251 e. The van der Waals surface area contributed by atoms with Crippen molar-refractivity contribution in [2.24, 2.45) is 0 Å². The number of rotatable bonds is 4. The molecular weight excluding hydrogens is 491 g/mol. The lowest BCUT2D eigenvalue weighted by atomic mass is 10.0. The van der Waals surface area contributed by atoms with E-state index in [1.807, 2.05) is 34.9 Å². The zero-order valence-corrected chi connectivity index (χ0v) is 20.6. The summed E-state index contributed by atoms with van der Waals surface area (Å²) in [6.45, 7) is 3.35. The van der Waals surface area contributed by atoms with E-state index in [-0.39, 0.29) is 36.2 Å². The molecule has 1 amide bonds. The summed E-state index contributed by atoms with van der Waals surface area (Å²) >= 11 is 1.49. The molecule has 2 aromatic carbocycles. The third kappa shape index (κ3) is 4.79. The minimum atomic E-state index is -0.299. The number of carbonyl (C=O) groups excluding carboxylic acids is 1. The molecule has 7 nitrogen and oxygen atoms in total. The fourth-order valence-electron chi connectivity index (χ4n) is 4.62. The van der Waals surface area contributed by atoms with Crippen LogP contribution in [0.25, 0.3) is 26.4 Å². The average molecular weight is 517 g/mol. The Kier molecular flexibility index (Phi) is 7.04. The molecule has 2 aliphatic rings. The maximum Gasteiger partial charge on any atom is 0.251 e. The molecule has 4 heterocycles. The van der Waals surface area contributed by atoms with E-state index in [0.29, 0.717) is 43.2 Å². The van der Waals surface area contributed by atoms with Crippen LogP contribution in [0.3, 0.4) is 0 Å². The number of fused-ring (bicyclic) bond motifs is 3. The van der Waals surface area contributed by atoms with Crippen LogP contribution in [-0.2, 0) is 9.47 Å². The van der Waals surface area contributed by atoms with Gasteiger partial charge in [0.15, 0.2) is 4.96 Å². The van der Waals surface area contributed by atoms with Gasteiger partial charge in [-0.15, -0.1) is 12.4 Å². The minimum Gasteiger partial charge on any atom is -0.381 e. The molecule has 0 radical (unpaired) electrons. The first kappa shape index (κ1) is 24.1. The molecule has 2 aromatic heterocycles. The van der Waals surface area contributed by atoms with Crippen molar-refractivity contribution in [3.8, 4) is 11.3 Å². The summed E-state index contributed by atoms with van der Waals surface area (Å²) in [5, 5.41) is 6.45. The largest absolute Gasteiger partial charge is 0.381 e. The monoisotopic (exact) mass is 516 g/mol. The van der Waals surface area contributed by atoms with Crippen LogP contribution in [0.15, 0.2) is 42.6 Å². The quantitative estimate of drug-likeness (QED) is 0.422. The predicted octanol–water partition coefficient (Wildman–Crippen LogP) is 4.35. The highest BCUT2D eigenvalue weighted by atomic mass is 35.5. The number of nitrogens with zero attached hydrogens (tertiary/aromatic N) is 2. The van der Waals surface area contributed by atoms with Crippen molar-refractivity contribution >= 4 is 44.8 Å². The van der Waals surface area contributed by atoms with Crippen molar-refractivity contribution in [2.45, 2.75) is 24.9 Å². The van der Waals surface area contributed by atoms with Crippen LogP contribution < -0.4 is 10.6 Å². The van der Waals surface area contributed by atoms with Gasteiger partial charge in [0, 0.05) is 43.1 Å². The van der Waals surface area contributed by atoms with E-state index in [1.54, 1.807) is 12.1 Å². The molecule has 0 bridgehead atoms. The van der Waals surface area contributed by atoms with Gasteiger partial charge in [-0.1, -0.05) is 17.4 Å². The number of imidazole rings is 1. The van der Waals surface area contributed by atoms with E-state index >= 15 is 4.39 Å². The zero-order chi connectivity index (χ0) is 23.1. The van der Waals surface area contributed by atoms with E-state index in [4.69, 9.17) is 9.47 Å². The van der Waals surface area contributed by atoms with Crippen molar-refractivity contribution in [2.75, 3.05) is 33.0 Å². The molecule has 2 N–H and O–H groups in total. The Bertz CT molecular complexity index is 1360. The zero-order valence-electron chi connectivity index (χ0n) is 19.0. The topological polar surface area (TPSA) is 76.9 Å². The number of nitrogens with one attached hydrogen (secondary N) is 2. The van der Waals surface area contributed by atoms with Gasteiger partial charge in [0.25, 0.3) is 5.91 Å². The Labute approximate surface area is 212 Å². The summed E-state index contributed by atoms with van der Waals surface area (Å²) in [6.07, 6.45) is 3.54. The van der Waals surface area contributed by atoms with Crippen LogP contribution in [0.5, 0.6) is 0 Å². The number of benzene rings is 2. The third-order valence-electron chi connectivity index (χ3n) is 6.51. The van der Waals surface area contributed by atoms with E-state index in [0.717, 1.165) is 40.1 Å². The fourth-order valence-corrected chi connectivity index (χ4v) is 5.67. The Hall–Kier alpha value is -2.56. The second-order valence-corrected chi connectivity index (χ2v) is 9.75. The molecule has 10 heteroatoms. The van der Waals surface area contributed by atoms with Crippen LogP contribution in [-0.4, -0.2) is 54.3 Å². The number of ether oxygens (including phenoxy) is 2. The van der Waals surface area contributed by atoms with Gasteiger partial charge < -0.3 is 20.1 Å². The SMILES string of the molecule is Cl.O=C(NC1CCOCC1)c1ccc2c(c1)sc1nc(-c3ccc(C4COCCN4)cc3F)cn12. The molecule has 184 valence electrons. The molecule has 1 unspecified atom stereocenters. The van der Waals surface area contributed by atoms with Gasteiger partial charge in [-0.05, 0) is 48.7 Å². The highest BCUT2D eigenvalue weighted by Gasteiger charge is 2.20. The molecule has 2 fully saturated rings. The summed E-state index contributed by atoms with van der Waals surface area (Å²) in [4.78, 5) is 18.1. The van der Waals surface area contributed by atoms with Crippen LogP contribution in [0.2, 0.25) is 0 Å². The first-order chi connectivity index (χ1) is 16.7. The molecule has 6 rings (SSSR count). The molecular formula is C25H26ClFN4O3S. The molecule has 1 atom stereocenters. The van der Waals surface area contributed by atoms with Crippen molar-refractivity contribution in [1.82, 2.24) is 20.0 Å². The minimum absolute atomic E-state index is 0.